The Morgan fingerprint density at radius 1 is 0.719 bits per heavy atom. The number of esters is 5. The minimum Gasteiger partial charge on any atom is -0.463 e. The van der Waals surface area contributed by atoms with Gasteiger partial charge in [-0.2, -0.15) is 0 Å². The van der Waals surface area contributed by atoms with Gasteiger partial charge in [-0.3, -0.25) is 19.2 Å². The molecule has 0 saturated carbocycles. The number of benzene rings is 1. The molecule has 0 spiro atoms. The van der Waals surface area contributed by atoms with E-state index >= 15 is 0 Å². The average Bonchev–Trinajstić information content (AvgIpc) is 2.70. The molecule has 5 unspecified atom stereocenters. The summed E-state index contributed by atoms with van der Waals surface area (Å²) in [5.74, 6) is -3.81. The van der Waals surface area contributed by atoms with Crippen molar-refractivity contribution in [3.63, 3.8) is 0 Å². The summed E-state index contributed by atoms with van der Waals surface area (Å²) in [5.41, 5.74) is 0.169. The predicted molar refractivity (Wildman–Crippen MR) is 104 cm³/mol. The third kappa shape index (κ3) is 7.05. The van der Waals surface area contributed by atoms with E-state index in [0.29, 0.717) is 0 Å². The number of carbonyl (C=O) groups is 5. The summed E-state index contributed by atoms with van der Waals surface area (Å²) < 4.78 is 31.7. The van der Waals surface area contributed by atoms with Crippen molar-refractivity contribution in [3.8, 4) is 0 Å². The normalized spacial score (nSPS) is 24.6. The number of ether oxygens (including phenoxy) is 6. The lowest BCUT2D eigenvalue weighted by molar-refractivity contribution is -0.297. The van der Waals surface area contributed by atoms with E-state index in [2.05, 4.69) is 0 Å². The Morgan fingerprint density at radius 3 is 1.81 bits per heavy atom. The molecule has 1 heterocycles. The van der Waals surface area contributed by atoms with Gasteiger partial charge in [-0.15, -0.1) is 0 Å². The molecule has 1 aromatic carbocycles. The second-order valence-electron chi connectivity index (χ2n) is 6.84. The fourth-order valence-corrected chi connectivity index (χ4v) is 3.02. The monoisotopic (exact) mass is 452 g/mol. The van der Waals surface area contributed by atoms with Crippen molar-refractivity contribution in [2.45, 2.75) is 58.4 Å². The smallest absolute Gasteiger partial charge is 0.338 e. The predicted octanol–water partition coefficient (Wildman–Crippen LogP) is 0.926. The summed E-state index contributed by atoms with van der Waals surface area (Å²) in [6.07, 6.45) is -7.00. The Morgan fingerprint density at radius 2 is 1.28 bits per heavy atom. The van der Waals surface area contributed by atoms with Gasteiger partial charge in [-0.1, -0.05) is 18.2 Å². The van der Waals surface area contributed by atoms with Crippen LogP contribution in [-0.2, 0) is 47.6 Å². The zero-order chi connectivity index (χ0) is 23.8. The summed E-state index contributed by atoms with van der Waals surface area (Å²) in [6, 6.07) is 7.89. The molecule has 174 valence electrons. The molecule has 32 heavy (non-hydrogen) atoms. The molecule has 1 aliphatic rings. The fraction of sp³-hybridized carbons (Fsp3) is 0.476. The third-order valence-corrected chi connectivity index (χ3v) is 4.18. The van der Waals surface area contributed by atoms with E-state index in [4.69, 9.17) is 28.4 Å². The first-order valence-corrected chi connectivity index (χ1v) is 9.65. The first kappa shape index (κ1) is 24.8. The molecule has 1 aliphatic heterocycles. The van der Waals surface area contributed by atoms with Gasteiger partial charge in [0.1, 0.15) is 12.7 Å². The summed E-state index contributed by atoms with van der Waals surface area (Å²) in [6.45, 7) is 4.03. The number of carbonyl (C=O) groups excluding carboxylic acids is 5. The Bertz CT molecular complexity index is 851. The minimum absolute atomic E-state index is 0.169. The summed E-state index contributed by atoms with van der Waals surface area (Å²) in [5, 5.41) is 0. The maximum atomic E-state index is 12.7. The van der Waals surface area contributed by atoms with Crippen LogP contribution in [0, 0.1) is 0 Å². The molecule has 0 N–H and O–H groups in total. The Labute approximate surface area is 183 Å². The SMILES string of the molecule is CC(=O)OCC1OC(OC(C)=O)C(OC(C)=O)C(OC(=O)c2ccccc2)C1OC(C)=O. The summed E-state index contributed by atoms with van der Waals surface area (Å²) in [4.78, 5) is 59.1. The van der Waals surface area contributed by atoms with Crippen molar-refractivity contribution in [1.82, 2.24) is 0 Å². The summed E-state index contributed by atoms with van der Waals surface area (Å²) >= 11 is 0. The van der Waals surface area contributed by atoms with Crippen LogP contribution in [0.2, 0.25) is 0 Å². The standard InChI is InChI=1S/C21H24O11/c1-11(22)27-10-16-17(28-12(2)23)18(32-20(26)15-8-6-5-7-9-15)19(29-13(3)24)21(31-16)30-14(4)25/h5-9,16-19,21H,10H2,1-4H3. The van der Waals surface area contributed by atoms with Gasteiger partial charge in [0.05, 0.1) is 5.56 Å². The molecule has 0 bridgehead atoms. The molecule has 0 amide bonds. The lowest BCUT2D eigenvalue weighted by Crippen LogP contribution is -2.63. The van der Waals surface area contributed by atoms with Crippen molar-refractivity contribution in [1.29, 1.82) is 0 Å². The lowest BCUT2D eigenvalue weighted by Gasteiger charge is -2.43. The quantitative estimate of drug-likeness (QED) is 0.431. The van der Waals surface area contributed by atoms with Crippen LogP contribution in [0.25, 0.3) is 0 Å². The molecule has 1 aromatic rings. The molecule has 11 heteroatoms. The van der Waals surface area contributed by atoms with Crippen molar-refractivity contribution >= 4 is 29.8 Å². The Hall–Kier alpha value is -3.47. The Kier molecular flexibility index (Phi) is 8.71. The average molecular weight is 452 g/mol. The molecule has 5 atom stereocenters. The van der Waals surface area contributed by atoms with Gasteiger partial charge in [0.15, 0.2) is 12.2 Å². The van der Waals surface area contributed by atoms with Crippen molar-refractivity contribution in [2.75, 3.05) is 6.61 Å². The molecule has 1 saturated heterocycles. The topological polar surface area (TPSA) is 141 Å². The van der Waals surface area contributed by atoms with Gasteiger partial charge in [-0.25, -0.2) is 4.79 Å². The first-order valence-electron chi connectivity index (χ1n) is 9.65. The summed E-state index contributed by atoms with van der Waals surface area (Å²) in [7, 11) is 0. The van der Waals surface area contributed by atoms with E-state index in [1.165, 1.54) is 12.1 Å². The molecule has 0 aliphatic carbocycles. The van der Waals surface area contributed by atoms with Gasteiger partial charge in [0.2, 0.25) is 12.4 Å². The highest BCUT2D eigenvalue weighted by molar-refractivity contribution is 5.89. The van der Waals surface area contributed by atoms with Crippen LogP contribution in [0.1, 0.15) is 38.1 Å². The highest BCUT2D eigenvalue weighted by Gasteiger charge is 2.53. The molecular formula is C21H24O11. The number of hydrogen-bond donors (Lipinski definition) is 0. The van der Waals surface area contributed by atoms with Crippen LogP contribution >= 0.6 is 0 Å². The van der Waals surface area contributed by atoms with E-state index < -0.39 is 67.2 Å². The van der Waals surface area contributed by atoms with E-state index in [1.807, 2.05) is 0 Å². The van der Waals surface area contributed by atoms with Crippen LogP contribution in [-0.4, -0.2) is 67.2 Å². The van der Waals surface area contributed by atoms with E-state index in [-0.39, 0.29) is 5.56 Å². The molecule has 2 rings (SSSR count). The van der Waals surface area contributed by atoms with Crippen molar-refractivity contribution < 1.29 is 52.4 Å². The molecule has 11 nitrogen and oxygen atoms in total. The van der Waals surface area contributed by atoms with Crippen LogP contribution in [0.5, 0.6) is 0 Å². The van der Waals surface area contributed by atoms with E-state index in [0.717, 1.165) is 27.7 Å². The van der Waals surface area contributed by atoms with Crippen LogP contribution in [0.4, 0.5) is 0 Å². The minimum atomic E-state index is -1.53. The Balaban J connectivity index is 2.46. The van der Waals surface area contributed by atoms with E-state index in [1.54, 1.807) is 18.2 Å². The lowest BCUT2D eigenvalue weighted by atomic mass is 9.98. The van der Waals surface area contributed by atoms with Gasteiger partial charge >= 0.3 is 29.8 Å². The zero-order valence-corrected chi connectivity index (χ0v) is 18.0. The largest absolute Gasteiger partial charge is 0.463 e. The highest BCUT2D eigenvalue weighted by Crippen LogP contribution is 2.30. The van der Waals surface area contributed by atoms with Gasteiger partial charge in [-0.05, 0) is 12.1 Å². The van der Waals surface area contributed by atoms with E-state index in [9.17, 15) is 24.0 Å². The molecule has 1 fully saturated rings. The third-order valence-electron chi connectivity index (χ3n) is 4.18. The molecule has 0 radical (unpaired) electrons. The molecular weight excluding hydrogens is 428 g/mol. The number of rotatable bonds is 7. The van der Waals surface area contributed by atoms with Crippen LogP contribution < -0.4 is 0 Å². The van der Waals surface area contributed by atoms with Gasteiger partial charge in [0.25, 0.3) is 0 Å². The van der Waals surface area contributed by atoms with Crippen LogP contribution in [0.3, 0.4) is 0 Å². The molecule has 0 aromatic heterocycles. The van der Waals surface area contributed by atoms with Gasteiger partial charge < -0.3 is 28.4 Å². The maximum Gasteiger partial charge on any atom is 0.338 e. The fourth-order valence-electron chi connectivity index (χ4n) is 3.02. The van der Waals surface area contributed by atoms with Gasteiger partial charge in [0, 0.05) is 27.7 Å². The van der Waals surface area contributed by atoms with Crippen molar-refractivity contribution in [2.24, 2.45) is 0 Å². The van der Waals surface area contributed by atoms with Crippen LogP contribution in [0.15, 0.2) is 30.3 Å². The maximum absolute atomic E-state index is 12.7. The first-order chi connectivity index (χ1) is 15.1. The highest BCUT2D eigenvalue weighted by atomic mass is 16.7. The van der Waals surface area contributed by atoms with Crippen molar-refractivity contribution in [3.05, 3.63) is 35.9 Å². The number of hydrogen-bond acceptors (Lipinski definition) is 11. The zero-order valence-electron chi connectivity index (χ0n) is 18.0. The second-order valence-corrected chi connectivity index (χ2v) is 6.84. The second kappa shape index (κ2) is 11.2.